The zero-order valence-electron chi connectivity index (χ0n) is 20.7. The van der Waals surface area contributed by atoms with Crippen LogP contribution in [0.25, 0.3) is 0 Å². The summed E-state index contributed by atoms with van der Waals surface area (Å²) in [4.78, 5) is 25.3. The van der Waals surface area contributed by atoms with Crippen LogP contribution in [-0.2, 0) is 11.4 Å². The van der Waals surface area contributed by atoms with Crippen molar-refractivity contribution in [2.45, 2.75) is 26.5 Å². The first kappa shape index (κ1) is 27.2. The fraction of sp³-hybridized carbons (Fsp3) is 0.214. The zero-order chi connectivity index (χ0) is 26.8. The Morgan fingerprint density at radius 2 is 1.81 bits per heavy atom. The van der Waals surface area contributed by atoms with E-state index >= 15 is 0 Å². The van der Waals surface area contributed by atoms with Gasteiger partial charge in [-0.1, -0.05) is 43.6 Å². The van der Waals surface area contributed by atoms with Gasteiger partial charge in [-0.25, -0.2) is 5.43 Å². The predicted octanol–water partition coefficient (Wildman–Crippen LogP) is 4.70. The van der Waals surface area contributed by atoms with Crippen molar-refractivity contribution in [3.63, 3.8) is 0 Å². The van der Waals surface area contributed by atoms with E-state index < -0.39 is 11.9 Å². The van der Waals surface area contributed by atoms with Crippen molar-refractivity contribution in [3.8, 4) is 17.6 Å². The molecule has 0 fully saturated rings. The molecule has 37 heavy (non-hydrogen) atoms. The summed E-state index contributed by atoms with van der Waals surface area (Å²) in [6.45, 7) is 3.87. The summed E-state index contributed by atoms with van der Waals surface area (Å²) in [5, 5.41) is 16.5. The van der Waals surface area contributed by atoms with Gasteiger partial charge < -0.3 is 14.8 Å². The first-order valence-electron chi connectivity index (χ1n) is 11.5. The first-order chi connectivity index (χ1) is 17.8. The van der Waals surface area contributed by atoms with Gasteiger partial charge in [0.1, 0.15) is 12.6 Å². The monoisotopic (exact) mass is 518 g/mol. The van der Waals surface area contributed by atoms with Gasteiger partial charge in [0.25, 0.3) is 11.8 Å². The molecule has 0 saturated heterocycles. The third-order valence-corrected chi connectivity index (χ3v) is 5.69. The van der Waals surface area contributed by atoms with Gasteiger partial charge in [0.15, 0.2) is 11.5 Å². The number of halogens is 1. The van der Waals surface area contributed by atoms with Crippen molar-refractivity contribution in [3.05, 3.63) is 94.0 Å². The minimum atomic E-state index is -0.790. The van der Waals surface area contributed by atoms with Crippen LogP contribution in [0.2, 0.25) is 5.02 Å². The number of rotatable bonds is 10. The molecule has 0 radical (unpaired) electrons. The lowest BCUT2D eigenvalue weighted by Gasteiger charge is -2.20. The SMILES string of the molecule is COc1cc(/C=N\NC(=O)C(NC(=O)c2ccc(Cl)cc2)C(C)C)ccc1OCc1ccccc1C#N. The van der Waals surface area contributed by atoms with E-state index in [1.54, 1.807) is 54.6 Å². The molecule has 0 bridgehead atoms. The molecule has 1 unspecified atom stereocenters. The quantitative estimate of drug-likeness (QED) is 0.298. The Bertz CT molecular complexity index is 1320. The molecule has 3 aromatic carbocycles. The fourth-order valence-electron chi connectivity index (χ4n) is 3.40. The first-order valence-corrected chi connectivity index (χ1v) is 11.9. The minimum absolute atomic E-state index is 0.172. The molecular formula is C28H27ClN4O4. The second-order valence-corrected chi connectivity index (χ2v) is 8.84. The van der Waals surface area contributed by atoms with Crippen LogP contribution < -0.4 is 20.2 Å². The number of nitrogens with zero attached hydrogens (tertiary/aromatic N) is 2. The Balaban J connectivity index is 1.62. The van der Waals surface area contributed by atoms with Gasteiger partial charge in [-0.05, 0) is 60.0 Å². The smallest absolute Gasteiger partial charge is 0.262 e. The molecule has 0 aliphatic heterocycles. The highest BCUT2D eigenvalue weighted by molar-refractivity contribution is 6.30. The van der Waals surface area contributed by atoms with E-state index in [-0.39, 0.29) is 18.4 Å². The van der Waals surface area contributed by atoms with E-state index in [1.165, 1.54) is 13.3 Å². The summed E-state index contributed by atoms with van der Waals surface area (Å²) < 4.78 is 11.3. The lowest BCUT2D eigenvalue weighted by Crippen LogP contribution is -2.48. The average Bonchev–Trinajstić information content (AvgIpc) is 2.90. The van der Waals surface area contributed by atoms with Crippen molar-refractivity contribution in [1.29, 1.82) is 5.26 Å². The maximum absolute atomic E-state index is 12.7. The Hall–Kier alpha value is -4.35. The maximum Gasteiger partial charge on any atom is 0.262 e. The van der Waals surface area contributed by atoms with Crippen molar-refractivity contribution >= 4 is 29.6 Å². The van der Waals surface area contributed by atoms with E-state index in [2.05, 4.69) is 21.9 Å². The third-order valence-electron chi connectivity index (χ3n) is 5.44. The van der Waals surface area contributed by atoms with Crippen LogP contribution in [0.15, 0.2) is 71.8 Å². The van der Waals surface area contributed by atoms with Crippen LogP contribution in [0.3, 0.4) is 0 Å². The van der Waals surface area contributed by atoms with Gasteiger partial charge in [0.05, 0.1) is 25.0 Å². The molecular weight excluding hydrogens is 492 g/mol. The Kier molecular flexibility index (Phi) is 9.64. The molecule has 2 amide bonds. The lowest BCUT2D eigenvalue weighted by atomic mass is 10.0. The molecule has 0 aliphatic carbocycles. The number of nitriles is 1. The molecule has 2 N–H and O–H groups in total. The third kappa shape index (κ3) is 7.56. The van der Waals surface area contributed by atoms with Gasteiger partial charge in [-0.2, -0.15) is 10.4 Å². The molecule has 0 spiro atoms. The Morgan fingerprint density at radius 3 is 2.49 bits per heavy atom. The summed E-state index contributed by atoms with van der Waals surface area (Å²) >= 11 is 5.87. The van der Waals surface area contributed by atoms with E-state index in [4.69, 9.17) is 21.1 Å². The standard InChI is InChI=1S/C28H27ClN4O4/c1-18(2)26(32-27(34)20-9-11-23(29)12-10-20)28(35)33-31-16-19-8-13-24(25(14-19)36-3)37-17-22-7-5-4-6-21(22)15-30/h4-14,16,18,26H,17H2,1-3H3,(H,32,34)(H,33,35)/b31-16-. The molecule has 3 rings (SSSR count). The number of nitrogens with one attached hydrogen (secondary N) is 2. The maximum atomic E-state index is 12.7. The number of methoxy groups -OCH3 is 1. The second-order valence-electron chi connectivity index (χ2n) is 8.40. The van der Waals surface area contributed by atoms with Crippen LogP contribution in [-0.4, -0.2) is 31.2 Å². The number of carbonyl (C=O) groups is 2. The van der Waals surface area contributed by atoms with Crippen molar-refractivity contribution in [2.24, 2.45) is 11.0 Å². The van der Waals surface area contributed by atoms with Crippen LogP contribution in [0.1, 0.15) is 40.9 Å². The van der Waals surface area contributed by atoms with Crippen molar-refractivity contribution < 1.29 is 19.1 Å². The van der Waals surface area contributed by atoms with Crippen LogP contribution in [0.4, 0.5) is 0 Å². The van der Waals surface area contributed by atoms with E-state index in [1.807, 2.05) is 26.0 Å². The molecule has 0 heterocycles. The largest absolute Gasteiger partial charge is 0.493 e. The second kappa shape index (κ2) is 13.1. The van der Waals surface area contributed by atoms with Crippen LogP contribution in [0, 0.1) is 17.2 Å². The molecule has 0 saturated carbocycles. The number of ether oxygens (including phenoxy) is 2. The number of hydrazone groups is 1. The predicted molar refractivity (Wildman–Crippen MR) is 142 cm³/mol. The summed E-state index contributed by atoms with van der Waals surface area (Å²) in [6.07, 6.45) is 1.47. The van der Waals surface area contributed by atoms with Gasteiger partial charge in [0, 0.05) is 16.1 Å². The molecule has 1 atom stereocenters. The molecule has 0 aromatic heterocycles. The molecule has 9 heteroatoms. The molecule has 0 aliphatic rings. The fourth-order valence-corrected chi connectivity index (χ4v) is 3.52. The van der Waals surface area contributed by atoms with Crippen molar-refractivity contribution in [2.75, 3.05) is 7.11 Å². The van der Waals surface area contributed by atoms with E-state index in [0.717, 1.165) is 5.56 Å². The summed E-state index contributed by atoms with van der Waals surface area (Å²) in [5.41, 5.74) is 4.86. The van der Waals surface area contributed by atoms with Gasteiger partial charge in [0.2, 0.25) is 0 Å². The molecule has 8 nitrogen and oxygen atoms in total. The topological polar surface area (TPSA) is 113 Å². The van der Waals surface area contributed by atoms with E-state index in [9.17, 15) is 14.9 Å². The van der Waals surface area contributed by atoms with E-state index in [0.29, 0.717) is 33.2 Å². The van der Waals surface area contributed by atoms with Crippen LogP contribution >= 0.6 is 11.6 Å². The van der Waals surface area contributed by atoms with Gasteiger partial charge >= 0.3 is 0 Å². The zero-order valence-corrected chi connectivity index (χ0v) is 21.5. The number of amides is 2. The highest BCUT2D eigenvalue weighted by Crippen LogP contribution is 2.28. The molecule has 3 aromatic rings. The normalized spacial score (nSPS) is 11.6. The number of benzene rings is 3. The number of hydrogen-bond acceptors (Lipinski definition) is 6. The lowest BCUT2D eigenvalue weighted by molar-refractivity contribution is -0.123. The highest BCUT2D eigenvalue weighted by atomic mass is 35.5. The number of hydrogen-bond donors (Lipinski definition) is 2. The van der Waals surface area contributed by atoms with Crippen LogP contribution in [0.5, 0.6) is 11.5 Å². The Labute approximate surface area is 220 Å². The summed E-state index contributed by atoms with van der Waals surface area (Å²) in [6, 6.07) is 20.2. The minimum Gasteiger partial charge on any atom is -0.493 e. The number of carbonyl (C=O) groups excluding carboxylic acids is 2. The summed E-state index contributed by atoms with van der Waals surface area (Å²) in [7, 11) is 1.52. The average molecular weight is 519 g/mol. The van der Waals surface area contributed by atoms with Crippen molar-refractivity contribution in [1.82, 2.24) is 10.7 Å². The highest BCUT2D eigenvalue weighted by Gasteiger charge is 2.24. The van der Waals surface area contributed by atoms with Gasteiger partial charge in [-0.3, -0.25) is 9.59 Å². The Morgan fingerprint density at radius 1 is 1.08 bits per heavy atom. The molecule has 190 valence electrons. The summed E-state index contributed by atoms with van der Waals surface area (Å²) in [5.74, 6) is -0.0285. The van der Waals surface area contributed by atoms with Gasteiger partial charge in [-0.15, -0.1) is 0 Å².